The van der Waals surface area contributed by atoms with Crippen LogP contribution in [0, 0.1) is 6.92 Å². The topological polar surface area (TPSA) is 81.1 Å². The van der Waals surface area contributed by atoms with Gasteiger partial charge in [0.25, 0.3) is 5.91 Å². The van der Waals surface area contributed by atoms with E-state index in [2.05, 4.69) is 10.1 Å². The Hall–Kier alpha value is -4.04. The van der Waals surface area contributed by atoms with Crippen molar-refractivity contribution >= 4 is 44.8 Å². The molecule has 7 nitrogen and oxygen atoms in total. The van der Waals surface area contributed by atoms with Crippen LogP contribution in [0.1, 0.15) is 38.8 Å². The molecule has 0 N–H and O–H groups in total. The summed E-state index contributed by atoms with van der Waals surface area (Å²) in [6.07, 6.45) is 1.60. The van der Waals surface area contributed by atoms with Crippen molar-refractivity contribution in [1.82, 2.24) is 4.98 Å². The van der Waals surface area contributed by atoms with E-state index >= 15 is 0 Å². The molecule has 0 aliphatic heterocycles. The molecule has 172 valence electrons. The summed E-state index contributed by atoms with van der Waals surface area (Å²) in [5.41, 5.74) is 3.43. The molecule has 4 aromatic rings. The fourth-order valence-corrected chi connectivity index (χ4v) is 4.25. The first-order valence-electron chi connectivity index (χ1n) is 10.7. The first kappa shape index (κ1) is 23.1. The van der Waals surface area contributed by atoms with Crippen LogP contribution in [-0.4, -0.2) is 36.8 Å². The standard InChI is InChI=1S/C26H23N3O4S/c1-4-33-21-12-6-18(7-13-21)16-27-29(26-28-22-14-5-17(2)15-23(22)34-26)24(30)19-8-10-20(11-9-19)25(31)32-3/h5-16H,4H2,1-3H3/b27-16+. The number of aromatic nitrogens is 1. The van der Waals surface area contributed by atoms with E-state index in [9.17, 15) is 9.59 Å². The molecule has 1 heterocycles. The van der Waals surface area contributed by atoms with Gasteiger partial charge in [0.1, 0.15) is 5.75 Å². The van der Waals surface area contributed by atoms with Crippen LogP contribution < -0.4 is 9.75 Å². The van der Waals surface area contributed by atoms with Gasteiger partial charge >= 0.3 is 5.97 Å². The maximum Gasteiger partial charge on any atom is 0.337 e. The Labute approximate surface area is 201 Å². The van der Waals surface area contributed by atoms with E-state index < -0.39 is 5.97 Å². The molecule has 0 spiro atoms. The summed E-state index contributed by atoms with van der Waals surface area (Å²) < 4.78 is 11.2. The zero-order valence-corrected chi connectivity index (χ0v) is 19.8. The maximum absolute atomic E-state index is 13.4. The van der Waals surface area contributed by atoms with Crippen LogP contribution >= 0.6 is 11.3 Å². The Morgan fingerprint density at radius 2 is 1.74 bits per heavy atom. The average Bonchev–Trinajstić information content (AvgIpc) is 3.27. The van der Waals surface area contributed by atoms with Gasteiger partial charge in [-0.2, -0.15) is 10.1 Å². The van der Waals surface area contributed by atoms with Crippen LogP contribution in [0.2, 0.25) is 0 Å². The molecule has 0 saturated carbocycles. The molecule has 0 unspecified atom stereocenters. The van der Waals surface area contributed by atoms with Crippen molar-refractivity contribution in [3.8, 4) is 5.75 Å². The predicted octanol–water partition coefficient (Wildman–Crippen LogP) is 5.47. The second-order valence-corrected chi connectivity index (χ2v) is 8.41. The molecule has 0 aliphatic rings. The maximum atomic E-state index is 13.4. The third-order valence-electron chi connectivity index (χ3n) is 4.97. The molecule has 8 heteroatoms. The average molecular weight is 474 g/mol. The number of ether oxygens (including phenoxy) is 2. The normalized spacial score (nSPS) is 11.0. The summed E-state index contributed by atoms with van der Waals surface area (Å²) in [6.45, 7) is 4.52. The van der Waals surface area contributed by atoms with Crippen LogP contribution in [0.25, 0.3) is 10.2 Å². The largest absolute Gasteiger partial charge is 0.494 e. The fourth-order valence-electron chi connectivity index (χ4n) is 3.23. The molecule has 1 amide bonds. The van der Waals surface area contributed by atoms with Crippen molar-refractivity contribution in [2.75, 3.05) is 18.7 Å². The lowest BCUT2D eigenvalue weighted by molar-refractivity contribution is 0.0600. The van der Waals surface area contributed by atoms with Gasteiger partial charge in [0, 0.05) is 5.56 Å². The van der Waals surface area contributed by atoms with Crippen molar-refractivity contribution in [1.29, 1.82) is 0 Å². The van der Waals surface area contributed by atoms with Crippen LogP contribution in [0.15, 0.2) is 71.8 Å². The molecule has 0 saturated heterocycles. The Balaban J connectivity index is 1.69. The van der Waals surface area contributed by atoms with E-state index in [0.29, 0.717) is 22.9 Å². The van der Waals surface area contributed by atoms with Gasteiger partial charge in [-0.1, -0.05) is 17.4 Å². The summed E-state index contributed by atoms with van der Waals surface area (Å²) in [5.74, 6) is -0.0693. The number of rotatable bonds is 7. The summed E-state index contributed by atoms with van der Waals surface area (Å²) in [4.78, 5) is 29.8. The molecule has 0 aliphatic carbocycles. The zero-order chi connectivity index (χ0) is 24.1. The highest BCUT2D eigenvalue weighted by Gasteiger charge is 2.21. The molecular formula is C26H23N3O4S. The minimum atomic E-state index is -0.467. The monoisotopic (exact) mass is 473 g/mol. The number of hydrogen-bond acceptors (Lipinski definition) is 7. The minimum absolute atomic E-state index is 0.360. The van der Waals surface area contributed by atoms with Gasteiger partial charge in [-0.05, 0) is 85.6 Å². The second kappa shape index (κ2) is 10.3. The van der Waals surface area contributed by atoms with Gasteiger partial charge in [0.15, 0.2) is 0 Å². The molecule has 1 aromatic heterocycles. The van der Waals surface area contributed by atoms with E-state index in [4.69, 9.17) is 9.47 Å². The van der Waals surface area contributed by atoms with Gasteiger partial charge < -0.3 is 9.47 Å². The molecule has 0 radical (unpaired) electrons. The highest BCUT2D eigenvalue weighted by atomic mass is 32.1. The predicted molar refractivity (Wildman–Crippen MR) is 134 cm³/mol. The van der Waals surface area contributed by atoms with Crippen LogP contribution in [0.4, 0.5) is 5.13 Å². The van der Waals surface area contributed by atoms with Crippen molar-refractivity contribution in [2.45, 2.75) is 13.8 Å². The Bertz CT molecular complexity index is 1340. The van der Waals surface area contributed by atoms with Gasteiger partial charge in [-0.15, -0.1) is 0 Å². The number of fused-ring (bicyclic) bond motifs is 1. The smallest absolute Gasteiger partial charge is 0.337 e. The number of thiazole rings is 1. The van der Waals surface area contributed by atoms with E-state index in [1.165, 1.54) is 23.5 Å². The first-order chi connectivity index (χ1) is 16.5. The first-order valence-corrected chi connectivity index (χ1v) is 11.5. The van der Waals surface area contributed by atoms with Crippen LogP contribution in [0.3, 0.4) is 0 Å². The van der Waals surface area contributed by atoms with E-state index in [1.54, 1.807) is 30.5 Å². The Kier molecular flexibility index (Phi) is 6.98. The van der Waals surface area contributed by atoms with Crippen molar-refractivity contribution < 1.29 is 19.1 Å². The van der Waals surface area contributed by atoms with Gasteiger partial charge in [-0.3, -0.25) is 4.79 Å². The fraction of sp³-hybridized carbons (Fsp3) is 0.154. The quantitative estimate of drug-likeness (QED) is 0.202. The number of hydrazone groups is 1. The third-order valence-corrected chi connectivity index (χ3v) is 5.97. The number of aryl methyl sites for hydroxylation is 1. The summed E-state index contributed by atoms with van der Waals surface area (Å²) in [7, 11) is 1.31. The Morgan fingerprint density at radius 3 is 2.41 bits per heavy atom. The summed E-state index contributed by atoms with van der Waals surface area (Å²) in [5, 5.41) is 6.21. The highest BCUT2D eigenvalue weighted by molar-refractivity contribution is 7.22. The number of carbonyl (C=O) groups is 2. The number of amides is 1. The van der Waals surface area contributed by atoms with Crippen molar-refractivity contribution in [2.24, 2.45) is 5.10 Å². The molecule has 3 aromatic carbocycles. The van der Waals surface area contributed by atoms with Gasteiger partial charge in [0.2, 0.25) is 5.13 Å². The van der Waals surface area contributed by atoms with Crippen LogP contribution in [-0.2, 0) is 4.74 Å². The molecule has 0 fully saturated rings. The molecule has 0 bridgehead atoms. The Morgan fingerprint density at radius 1 is 1.03 bits per heavy atom. The lowest BCUT2D eigenvalue weighted by atomic mass is 10.1. The van der Waals surface area contributed by atoms with Gasteiger partial charge in [0.05, 0.1) is 35.7 Å². The third kappa shape index (κ3) is 5.13. The molecule has 4 rings (SSSR count). The number of nitrogens with zero attached hydrogens (tertiary/aromatic N) is 3. The number of anilines is 1. The number of esters is 1. The highest BCUT2D eigenvalue weighted by Crippen LogP contribution is 2.31. The number of carbonyl (C=O) groups excluding carboxylic acids is 2. The second-order valence-electron chi connectivity index (χ2n) is 7.40. The lowest BCUT2D eigenvalue weighted by Gasteiger charge is -2.14. The zero-order valence-electron chi connectivity index (χ0n) is 19.0. The van der Waals surface area contributed by atoms with Crippen molar-refractivity contribution in [3.05, 3.63) is 89.0 Å². The molecule has 0 atom stereocenters. The number of methoxy groups -OCH3 is 1. The SMILES string of the molecule is CCOc1ccc(/C=N/N(C(=O)c2ccc(C(=O)OC)cc2)c2nc3ccc(C)cc3s2)cc1. The van der Waals surface area contributed by atoms with E-state index in [1.807, 2.05) is 56.3 Å². The minimum Gasteiger partial charge on any atom is -0.494 e. The summed E-state index contributed by atoms with van der Waals surface area (Å²) >= 11 is 1.38. The summed E-state index contributed by atoms with van der Waals surface area (Å²) in [6, 6.07) is 19.6. The molecule has 34 heavy (non-hydrogen) atoms. The number of hydrogen-bond donors (Lipinski definition) is 0. The van der Waals surface area contributed by atoms with E-state index in [0.717, 1.165) is 27.1 Å². The number of benzene rings is 3. The van der Waals surface area contributed by atoms with E-state index in [-0.39, 0.29) is 5.91 Å². The van der Waals surface area contributed by atoms with Crippen molar-refractivity contribution in [3.63, 3.8) is 0 Å². The molecular weight excluding hydrogens is 450 g/mol. The lowest BCUT2D eigenvalue weighted by Crippen LogP contribution is -2.25. The van der Waals surface area contributed by atoms with Crippen LogP contribution in [0.5, 0.6) is 5.75 Å². The van der Waals surface area contributed by atoms with Gasteiger partial charge in [-0.25, -0.2) is 9.78 Å².